The van der Waals surface area contributed by atoms with Crippen LogP contribution in [0.15, 0.2) is 36.5 Å². The fourth-order valence-corrected chi connectivity index (χ4v) is 4.58. The van der Waals surface area contributed by atoms with Crippen LogP contribution in [0.2, 0.25) is 0 Å². The molecule has 2 aliphatic rings. The third kappa shape index (κ3) is 4.34. The molecule has 1 aromatic carbocycles. The number of hydrogen-bond acceptors (Lipinski definition) is 3. The number of carbonyl (C=O) groups excluding carboxylic acids is 2. The van der Waals surface area contributed by atoms with Gasteiger partial charge in [-0.1, -0.05) is 37.8 Å². The molecular formula is C23H29N3O2. The molecule has 1 unspecified atom stereocenters. The molecule has 1 N–H and O–H groups in total. The molecule has 5 heteroatoms. The van der Waals surface area contributed by atoms with Crippen LogP contribution in [0.25, 0.3) is 10.9 Å². The highest BCUT2D eigenvalue weighted by Gasteiger charge is 2.34. The van der Waals surface area contributed by atoms with Crippen molar-refractivity contribution in [2.24, 2.45) is 5.92 Å². The lowest BCUT2D eigenvalue weighted by Crippen LogP contribution is -2.49. The van der Waals surface area contributed by atoms with Crippen molar-refractivity contribution in [1.29, 1.82) is 0 Å². The molecule has 28 heavy (non-hydrogen) atoms. The number of carbonyl (C=O) groups is 2. The zero-order valence-corrected chi connectivity index (χ0v) is 16.4. The van der Waals surface area contributed by atoms with E-state index in [0.717, 1.165) is 29.3 Å². The average molecular weight is 380 g/mol. The lowest BCUT2D eigenvalue weighted by Gasteiger charge is -2.37. The zero-order valence-electron chi connectivity index (χ0n) is 16.4. The maximum absolute atomic E-state index is 12.8. The van der Waals surface area contributed by atoms with Crippen molar-refractivity contribution in [2.75, 3.05) is 6.54 Å². The van der Waals surface area contributed by atoms with Crippen LogP contribution < -0.4 is 5.32 Å². The first-order valence-electron chi connectivity index (χ1n) is 10.6. The zero-order chi connectivity index (χ0) is 19.3. The summed E-state index contributed by atoms with van der Waals surface area (Å²) < 4.78 is 0. The lowest BCUT2D eigenvalue weighted by molar-refractivity contribution is -0.141. The van der Waals surface area contributed by atoms with Gasteiger partial charge >= 0.3 is 0 Å². The molecule has 5 nitrogen and oxygen atoms in total. The van der Waals surface area contributed by atoms with E-state index in [9.17, 15) is 9.59 Å². The maximum atomic E-state index is 12.8. The van der Waals surface area contributed by atoms with Gasteiger partial charge in [0.2, 0.25) is 11.8 Å². The number of hydrogen-bond donors (Lipinski definition) is 1. The molecule has 1 atom stereocenters. The van der Waals surface area contributed by atoms with Gasteiger partial charge in [0.1, 0.15) is 0 Å². The fourth-order valence-electron chi connectivity index (χ4n) is 4.58. The summed E-state index contributed by atoms with van der Waals surface area (Å²) in [7, 11) is 0. The number of nitrogens with one attached hydrogen (secondary N) is 1. The molecule has 2 amide bonds. The van der Waals surface area contributed by atoms with Crippen molar-refractivity contribution in [3.8, 4) is 0 Å². The Kier molecular flexibility index (Phi) is 5.89. The monoisotopic (exact) mass is 379 g/mol. The molecule has 2 heterocycles. The standard InChI is InChI=1S/C23H29N3O2/c27-22-12-10-19(16-26(22)20-7-3-1-2-4-8-20)23(28)25-15-17-9-11-21-18(14-17)6-5-13-24-21/h5-6,9,11,13-14,19-20H,1-4,7-8,10,12,15-16H2,(H,25,28). The van der Waals surface area contributed by atoms with Crippen LogP contribution in [0.5, 0.6) is 0 Å². The fraction of sp³-hybridized carbons (Fsp3) is 0.522. The number of pyridine rings is 1. The van der Waals surface area contributed by atoms with E-state index in [4.69, 9.17) is 0 Å². The number of fused-ring (bicyclic) bond motifs is 1. The normalized spacial score (nSPS) is 21.5. The van der Waals surface area contributed by atoms with Crippen molar-refractivity contribution in [2.45, 2.75) is 64.0 Å². The highest BCUT2D eigenvalue weighted by Crippen LogP contribution is 2.27. The van der Waals surface area contributed by atoms with Crippen molar-refractivity contribution < 1.29 is 9.59 Å². The first kappa shape index (κ1) is 18.9. The van der Waals surface area contributed by atoms with E-state index in [0.29, 0.717) is 32.0 Å². The predicted octanol–water partition coefficient (Wildman–Crippen LogP) is 3.81. The molecule has 2 aromatic rings. The van der Waals surface area contributed by atoms with Gasteiger partial charge in [0.25, 0.3) is 0 Å². The molecular weight excluding hydrogens is 350 g/mol. The summed E-state index contributed by atoms with van der Waals surface area (Å²) in [4.78, 5) is 31.6. The van der Waals surface area contributed by atoms with E-state index in [-0.39, 0.29) is 17.7 Å². The summed E-state index contributed by atoms with van der Waals surface area (Å²) in [6.45, 7) is 1.09. The van der Waals surface area contributed by atoms with Gasteiger partial charge < -0.3 is 10.2 Å². The largest absolute Gasteiger partial charge is 0.352 e. The summed E-state index contributed by atoms with van der Waals surface area (Å²) in [5, 5.41) is 4.17. The molecule has 1 saturated heterocycles. The second kappa shape index (κ2) is 8.72. The number of piperidine rings is 1. The molecule has 0 spiro atoms. The van der Waals surface area contributed by atoms with Gasteiger partial charge in [0.15, 0.2) is 0 Å². The van der Waals surface area contributed by atoms with Crippen LogP contribution in [0, 0.1) is 5.92 Å². The predicted molar refractivity (Wildman–Crippen MR) is 110 cm³/mol. The molecule has 148 valence electrons. The Labute approximate surface area is 166 Å². The van der Waals surface area contributed by atoms with Crippen LogP contribution in [0.1, 0.15) is 56.9 Å². The SMILES string of the molecule is O=C(NCc1ccc2ncccc2c1)C1CCC(=O)N(C2CCCCCC2)C1. The molecule has 1 saturated carbocycles. The second-order valence-electron chi connectivity index (χ2n) is 8.18. The Morgan fingerprint density at radius 1 is 1.11 bits per heavy atom. The van der Waals surface area contributed by atoms with Crippen LogP contribution in [0.3, 0.4) is 0 Å². The molecule has 1 aromatic heterocycles. The number of likely N-dealkylation sites (tertiary alicyclic amines) is 1. The van der Waals surface area contributed by atoms with E-state index < -0.39 is 0 Å². The first-order chi connectivity index (χ1) is 13.7. The molecule has 2 fully saturated rings. The van der Waals surface area contributed by atoms with Gasteiger partial charge in [0.05, 0.1) is 11.4 Å². The van der Waals surface area contributed by atoms with Crippen LogP contribution in [-0.2, 0) is 16.1 Å². The number of rotatable bonds is 4. The van der Waals surface area contributed by atoms with Crippen molar-refractivity contribution in [3.05, 3.63) is 42.1 Å². The van der Waals surface area contributed by atoms with Crippen molar-refractivity contribution >= 4 is 22.7 Å². The summed E-state index contributed by atoms with van der Waals surface area (Å²) >= 11 is 0. The van der Waals surface area contributed by atoms with Gasteiger partial charge in [-0.2, -0.15) is 0 Å². The van der Waals surface area contributed by atoms with E-state index in [2.05, 4.69) is 16.4 Å². The summed E-state index contributed by atoms with van der Waals surface area (Å²) in [6.07, 6.45) is 10.0. The maximum Gasteiger partial charge on any atom is 0.225 e. The van der Waals surface area contributed by atoms with Gasteiger partial charge in [-0.15, -0.1) is 0 Å². The molecule has 1 aliphatic heterocycles. The number of aromatic nitrogens is 1. The van der Waals surface area contributed by atoms with Gasteiger partial charge in [-0.05, 0) is 43.0 Å². The summed E-state index contributed by atoms with van der Waals surface area (Å²) in [6, 6.07) is 10.4. The Bertz CT molecular complexity index is 843. The smallest absolute Gasteiger partial charge is 0.225 e. The van der Waals surface area contributed by atoms with Crippen molar-refractivity contribution in [1.82, 2.24) is 15.2 Å². The highest BCUT2D eigenvalue weighted by atomic mass is 16.2. The Balaban J connectivity index is 1.36. The highest BCUT2D eigenvalue weighted by molar-refractivity contribution is 5.84. The molecule has 1 aliphatic carbocycles. The molecule has 0 radical (unpaired) electrons. The minimum atomic E-state index is -0.0944. The average Bonchev–Trinajstić information content (AvgIpc) is 3.01. The Morgan fingerprint density at radius 2 is 1.93 bits per heavy atom. The van der Waals surface area contributed by atoms with E-state index in [1.165, 1.54) is 25.7 Å². The molecule has 4 rings (SSSR count). The lowest BCUT2D eigenvalue weighted by atomic mass is 9.93. The molecule has 0 bridgehead atoms. The minimum Gasteiger partial charge on any atom is -0.352 e. The summed E-state index contributed by atoms with van der Waals surface area (Å²) in [5.41, 5.74) is 2.03. The van der Waals surface area contributed by atoms with Crippen LogP contribution >= 0.6 is 0 Å². The Hall–Kier alpha value is -2.43. The third-order valence-electron chi connectivity index (χ3n) is 6.21. The number of nitrogens with zero attached hydrogens (tertiary/aromatic N) is 2. The number of benzene rings is 1. The van der Waals surface area contributed by atoms with Gasteiger partial charge in [0, 0.05) is 37.1 Å². The number of amides is 2. The minimum absolute atomic E-state index is 0.0670. The third-order valence-corrected chi connectivity index (χ3v) is 6.21. The summed E-state index contributed by atoms with van der Waals surface area (Å²) in [5.74, 6) is 0.207. The second-order valence-corrected chi connectivity index (χ2v) is 8.18. The topological polar surface area (TPSA) is 62.3 Å². The van der Waals surface area contributed by atoms with Gasteiger partial charge in [-0.25, -0.2) is 0 Å². The van der Waals surface area contributed by atoms with E-state index >= 15 is 0 Å². The van der Waals surface area contributed by atoms with Crippen molar-refractivity contribution in [3.63, 3.8) is 0 Å². The van der Waals surface area contributed by atoms with Gasteiger partial charge in [-0.3, -0.25) is 14.6 Å². The van der Waals surface area contributed by atoms with Crippen LogP contribution in [-0.4, -0.2) is 34.3 Å². The van der Waals surface area contributed by atoms with E-state index in [1.807, 2.05) is 29.2 Å². The van der Waals surface area contributed by atoms with Crippen LogP contribution in [0.4, 0.5) is 0 Å². The van der Waals surface area contributed by atoms with E-state index in [1.54, 1.807) is 6.20 Å². The Morgan fingerprint density at radius 3 is 2.75 bits per heavy atom. The quantitative estimate of drug-likeness (QED) is 0.822. The first-order valence-corrected chi connectivity index (χ1v) is 10.6.